The number of likely N-dealkylation sites (tertiary alicyclic amines) is 1. The Labute approximate surface area is 107 Å². The highest BCUT2D eigenvalue weighted by molar-refractivity contribution is 5.83. The van der Waals surface area contributed by atoms with Crippen molar-refractivity contribution in [3.63, 3.8) is 0 Å². The number of aliphatic hydroxyl groups is 1. The number of carboxylic acids is 1. The number of β-amino-alcohol motifs (C(OH)–C–C–N with tert-alkyl or cyclic N) is 1. The molecule has 6 heteroatoms. The summed E-state index contributed by atoms with van der Waals surface area (Å²) in [6.45, 7) is 6.04. The molecule has 0 bridgehead atoms. The first-order chi connectivity index (χ1) is 8.26. The van der Waals surface area contributed by atoms with E-state index < -0.39 is 23.6 Å². The number of urea groups is 1. The van der Waals surface area contributed by atoms with Gasteiger partial charge in [0.15, 0.2) is 0 Å². The van der Waals surface area contributed by atoms with Gasteiger partial charge >= 0.3 is 12.0 Å². The molecule has 2 amide bonds. The maximum absolute atomic E-state index is 11.9. The second-order valence-electron chi connectivity index (χ2n) is 5.32. The molecule has 1 aliphatic rings. The zero-order chi connectivity index (χ0) is 13.9. The Hall–Kier alpha value is -1.30. The highest BCUT2D eigenvalue weighted by Crippen LogP contribution is 2.20. The molecule has 104 valence electrons. The number of aliphatic carboxylic acids is 1. The lowest BCUT2D eigenvalue weighted by Crippen LogP contribution is -2.50. The van der Waals surface area contributed by atoms with Gasteiger partial charge in [-0.3, -0.25) is 0 Å². The summed E-state index contributed by atoms with van der Waals surface area (Å²) in [7, 11) is 0. The topological polar surface area (TPSA) is 89.9 Å². The van der Waals surface area contributed by atoms with Crippen LogP contribution in [0.5, 0.6) is 0 Å². The summed E-state index contributed by atoms with van der Waals surface area (Å²) in [4.78, 5) is 24.5. The molecule has 1 saturated heterocycles. The Bertz CT molecular complexity index is 330. The lowest BCUT2D eigenvalue weighted by Gasteiger charge is -2.24. The number of hydrogen-bond donors (Lipinski definition) is 3. The molecule has 3 N–H and O–H groups in total. The van der Waals surface area contributed by atoms with Crippen LogP contribution in [0.25, 0.3) is 0 Å². The van der Waals surface area contributed by atoms with Gasteiger partial charge in [-0.15, -0.1) is 0 Å². The number of hydrogen-bond acceptors (Lipinski definition) is 3. The van der Waals surface area contributed by atoms with E-state index >= 15 is 0 Å². The van der Waals surface area contributed by atoms with E-state index in [0.717, 1.165) is 0 Å². The van der Waals surface area contributed by atoms with Crippen molar-refractivity contribution in [3.8, 4) is 0 Å². The number of carbonyl (C=O) groups is 2. The van der Waals surface area contributed by atoms with Gasteiger partial charge in [0.1, 0.15) is 6.04 Å². The van der Waals surface area contributed by atoms with Gasteiger partial charge in [0.05, 0.1) is 12.1 Å². The summed E-state index contributed by atoms with van der Waals surface area (Å²) in [6, 6.07) is -1.30. The standard InChI is InChI=1S/C12H22N2O4/c1-4-8(2)9(10(15)16)13-11(17)14-6-5-12(3,18)7-14/h8-9,18H,4-7H2,1-3H3,(H,13,17)(H,15,16)/t8-,9-,12?/m0/s1. The summed E-state index contributed by atoms with van der Waals surface area (Å²) >= 11 is 0. The van der Waals surface area contributed by atoms with Crippen molar-refractivity contribution >= 4 is 12.0 Å². The van der Waals surface area contributed by atoms with E-state index in [-0.39, 0.29) is 12.5 Å². The maximum Gasteiger partial charge on any atom is 0.326 e. The third-order valence-corrected chi connectivity index (χ3v) is 3.50. The van der Waals surface area contributed by atoms with Gasteiger partial charge in [0, 0.05) is 6.54 Å². The fraction of sp³-hybridized carbons (Fsp3) is 0.833. The van der Waals surface area contributed by atoms with Crippen molar-refractivity contribution in [3.05, 3.63) is 0 Å². The lowest BCUT2D eigenvalue weighted by atomic mass is 9.99. The molecular formula is C12H22N2O4. The van der Waals surface area contributed by atoms with Gasteiger partial charge in [-0.1, -0.05) is 20.3 Å². The van der Waals surface area contributed by atoms with Crippen LogP contribution < -0.4 is 5.32 Å². The molecule has 18 heavy (non-hydrogen) atoms. The zero-order valence-electron chi connectivity index (χ0n) is 11.1. The molecule has 0 spiro atoms. The van der Waals surface area contributed by atoms with E-state index in [1.54, 1.807) is 13.8 Å². The minimum absolute atomic E-state index is 0.130. The zero-order valence-corrected chi connectivity index (χ0v) is 11.1. The van der Waals surface area contributed by atoms with E-state index in [0.29, 0.717) is 19.4 Å². The highest BCUT2D eigenvalue weighted by Gasteiger charge is 2.35. The Balaban J connectivity index is 2.60. The lowest BCUT2D eigenvalue weighted by molar-refractivity contribution is -0.140. The highest BCUT2D eigenvalue weighted by atomic mass is 16.4. The normalized spacial score (nSPS) is 26.8. The molecule has 1 rings (SSSR count). The van der Waals surface area contributed by atoms with Crippen molar-refractivity contribution in [1.29, 1.82) is 0 Å². The van der Waals surface area contributed by atoms with Gasteiger partial charge < -0.3 is 20.4 Å². The van der Waals surface area contributed by atoms with Crippen LogP contribution in [0.4, 0.5) is 4.79 Å². The second kappa shape index (κ2) is 5.56. The van der Waals surface area contributed by atoms with E-state index in [4.69, 9.17) is 5.11 Å². The minimum atomic E-state index is -1.02. The molecule has 3 atom stereocenters. The molecule has 6 nitrogen and oxygen atoms in total. The largest absolute Gasteiger partial charge is 0.480 e. The molecule has 1 unspecified atom stereocenters. The van der Waals surface area contributed by atoms with Crippen LogP contribution in [-0.4, -0.2) is 51.8 Å². The van der Waals surface area contributed by atoms with Gasteiger partial charge in [-0.25, -0.2) is 9.59 Å². The number of carbonyl (C=O) groups excluding carboxylic acids is 1. The Kier molecular flexibility index (Phi) is 4.56. The van der Waals surface area contributed by atoms with E-state index in [1.807, 2.05) is 6.92 Å². The molecule has 0 aromatic carbocycles. The third kappa shape index (κ3) is 3.60. The first kappa shape index (κ1) is 14.8. The quantitative estimate of drug-likeness (QED) is 0.690. The van der Waals surface area contributed by atoms with Gasteiger partial charge in [-0.2, -0.15) is 0 Å². The van der Waals surface area contributed by atoms with Gasteiger partial charge in [0.2, 0.25) is 0 Å². The molecule has 1 fully saturated rings. The molecule has 0 aromatic heterocycles. The van der Waals surface area contributed by atoms with Crippen molar-refractivity contribution in [1.82, 2.24) is 10.2 Å². The van der Waals surface area contributed by atoms with Crippen molar-refractivity contribution in [2.75, 3.05) is 13.1 Å². The maximum atomic E-state index is 11.9. The van der Waals surface area contributed by atoms with Crippen molar-refractivity contribution in [2.45, 2.75) is 45.3 Å². The molecule has 0 saturated carbocycles. The molecule has 0 radical (unpaired) electrons. The summed E-state index contributed by atoms with van der Waals surface area (Å²) in [6.07, 6.45) is 1.19. The van der Waals surface area contributed by atoms with Crippen LogP contribution in [0.1, 0.15) is 33.6 Å². The average Bonchev–Trinajstić information content (AvgIpc) is 2.64. The summed E-state index contributed by atoms with van der Waals surface area (Å²) < 4.78 is 0. The molecule has 1 aliphatic heterocycles. The number of amides is 2. The smallest absolute Gasteiger partial charge is 0.326 e. The molecule has 0 aliphatic carbocycles. The van der Waals surface area contributed by atoms with Crippen LogP contribution in [0, 0.1) is 5.92 Å². The van der Waals surface area contributed by atoms with Gasteiger partial charge in [-0.05, 0) is 19.3 Å². The van der Waals surface area contributed by atoms with Crippen LogP contribution in [-0.2, 0) is 4.79 Å². The average molecular weight is 258 g/mol. The number of nitrogens with zero attached hydrogens (tertiary/aromatic N) is 1. The summed E-state index contributed by atoms with van der Waals surface area (Å²) in [5, 5.41) is 21.4. The van der Waals surface area contributed by atoms with E-state index in [1.165, 1.54) is 4.90 Å². The van der Waals surface area contributed by atoms with Crippen molar-refractivity contribution in [2.24, 2.45) is 5.92 Å². The van der Waals surface area contributed by atoms with Crippen LogP contribution in [0.3, 0.4) is 0 Å². The van der Waals surface area contributed by atoms with Crippen LogP contribution >= 0.6 is 0 Å². The van der Waals surface area contributed by atoms with Gasteiger partial charge in [0.25, 0.3) is 0 Å². The van der Waals surface area contributed by atoms with E-state index in [9.17, 15) is 14.7 Å². The predicted octanol–water partition coefficient (Wildman–Crippen LogP) is 0.652. The Morgan fingerprint density at radius 1 is 1.50 bits per heavy atom. The Morgan fingerprint density at radius 3 is 2.50 bits per heavy atom. The third-order valence-electron chi connectivity index (χ3n) is 3.50. The Morgan fingerprint density at radius 2 is 2.11 bits per heavy atom. The second-order valence-corrected chi connectivity index (χ2v) is 5.32. The molecule has 0 aromatic rings. The molecule has 1 heterocycles. The number of nitrogens with one attached hydrogen (secondary N) is 1. The SMILES string of the molecule is CC[C@H](C)[C@H](NC(=O)N1CCC(C)(O)C1)C(=O)O. The fourth-order valence-electron chi connectivity index (χ4n) is 2.03. The first-order valence-electron chi connectivity index (χ1n) is 6.27. The fourth-order valence-corrected chi connectivity index (χ4v) is 2.03. The first-order valence-corrected chi connectivity index (χ1v) is 6.27. The summed E-state index contributed by atoms with van der Waals surface area (Å²) in [5.74, 6) is -1.15. The van der Waals surface area contributed by atoms with E-state index in [2.05, 4.69) is 5.32 Å². The van der Waals surface area contributed by atoms with Crippen LogP contribution in [0.2, 0.25) is 0 Å². The number of rotatable bonds is 4. The predicted molar refractivity (Wildman–Crippen MR) is 66.2 cm³/mol. The van der Waals surface area contributed by atoms with Crippen LogP contribution in [0.15, 0.2) is 0 Å². The summed E-state index contributed by atoms with van der Waals surface area (Å²) in [5.41, 5.74) is -0.869. The number of carboxylic acid groups (broad SMARTS) is 1. The minimum Gasteiger partial charge on any atom is -0.480 e. The van der Waals surface area contributed by atoms with Crippen molar-refractivity contribution < 1.29 is 19.8 Å². The monoisotopic (exact) mass is 258 g/mol. The molecular weight excluding hydrogens is 236 g/mol.